The number of aromatic nitrogens is 1. The van der Waals surface area contributed by atoms with Crippen LogP contribution in [0, 0.1) is 30.9 Å². The van der Waals surface area contributed by atoms with Crippen LogP contribution in [0.1, 0.15) is 35.4 Å². The number of ether oxygens (including phenoxy) is 1. The Labute approximate surface area is 231 Å². The molecular weight excluding hydrogens is 516 g/mol. The van der Waals surface area contributed by atoms with E-state index >= 15 is 0 Å². The molecule has 0 atom stereocenters. The summed E-state index contributed by atoms with van der Waals surface area (Å²) in [5, 5.41) is 11.6. The predicted octanol–water partition coefficient (Wildman–Crippen LogP) is 6.03. The summed E-state index contributed by atoms with van der Waals surface area (Å²) in [5.74, 6) is 0.331. The zero-order valence-electron chi connectivity index (χ0n) is 22.2. The number of thioether (sulfide) groups is 1. The van der Waals surface area contributed by atoms with Crippen molar-refractivity contribution in [2.75, 3.05) is 31.1 Å². The molecule has 9 nitrogen and oxygen atoms in total. The number of hydrogen-bond acceptors (Lipinski definition) is 7. The van der Waals surface area contributed by atoms with Gasteiger partial charge >= 0.3 is 0 Å². The van der Waals surface area contributed by atoms with Gasteiger partial charge in [0.15, 0.2) is 0 Å². The number of nitro benzene ring substituents is 1. The Kier molecular flexibility index (Phi) is 7.47. The van der Waals surface area contributed by atoms with Crippen LogP contribution in [-0.2, 0) is 4.79 Å². The first kappa shape index (κ1) is 26.6. The molecule has 2 aliphatic heterocycles. The molecule has 202 valence electrons. The quantitative estimate of drug-likeness (QED) is 0.193. The minimum Gasteiger partial charge on any atom is -0.492 e. The van der Waals surface area contributed by atoms with Crippen LogP contribution in [0.3, 0.4) is 0 Å². The molecule has 0 bridgehead atoms. The van der Waals surface area contributed by atoms with Gasteiger partial charge in [-0.15, -0.1) is 0 Å². The third kappa shape index (κ3) is 5.42. The van der Waals surface area contributed by atoms with Gasteiger partial charge in [0.1, 0.15) is 18.0 Å². The normalized spacial score (nSPS) is 16.5. The van der Waals surface area contributed by atoms with Gasteiger partial charge in [-0.1, -0.05) is 17.7 Å². The SMILES string of the molecule is Cc1ccc(OCCN2C(=O)S/C(=C\c3cc(C)n(-c4ccc(N5CCCC5)c([N+](=O)[O-])c4)c3C)C2=O)cc1. The summed E-state index contributed by atoms with van der Waals surface area (Å²) in [7, 11) is 0. The number of carbonyl (C=O) groups excluding carboxylic acids is 2. The Morgan fingerprint density at radius 2 is 1.74 bits per heavy atom. The van der Waals surface area contributed by atoms with E-state index in [1.165, 1.54) is 4.90 Å². The minimum atomic E-state index is -0.354. The number of benzene rings is 2. The Hall–Kier alpha value is -4.05. The maximum atomic E-state index is 13.0. The van der Waals surface area contributed by atoms with Gasteiger partial charge in [0.25, 0.3) is 16.8 Å². The zero-order chi connectivity index (χ0) is 27.7. The number of anilines is 1. The third-order valence-corrected chi connectivity index (χ3v) is 8.00. The predicted molar refractivity (Wildman–Crippen MR) is 153 cm³/mol. The van der Waals surface area contributed by atoms with Crippen LogP contribution in [0.4, 0.5) is 16.2 Å². The van der Waals surface area contributed by atoms with Crippen LogP contribution >= 0.6 is 11.8 Å². The fourth-order valence-corrected chi connectivity index (χ4v) is 5.93. The second-order valence-corrected chi connectivity index (χ2v) is 10.8. The molecule has 0 saturated carbocycles. The maximum absolute atomic E-state index is 13.0. The van der Waals surface area contributed by atoms with Gasteiger partial charge in [-0.05, 0) is 87.3 Å². The highest BCUT2D eigenvalue weighted by Gasteiger charge is 2.35. The second-order valence-electron chi connectivity index (χ2n) is 9.78. The standard InChI is InChI=1S/C29H30N4O5S/c1-19-6-9-24(10-7-19)38-15-14-31-28(34)27(39-29(31)35)17-22-16-20(2)32(21(22)3)23-8-11-25(26(18-23)33(36)37)30-12-4-5-13-30/h6-11,16-18H,4-5,12-15H2,1-3H3/b27-17-. The van der Waals surface area contributed by atoms with Crippen LogP contribution in [0.5, 0.6) is 5.75 Å². The Bertz CT molecular complexity index is 1470. The van der Waals surface area contributed by atoms with Crippen LogP contribution in [-0.4, -0.2) is 51.8 Å². The number of hydrogen-bond donors (Lipinski definition) is 0. The molecule has 5 rings (SSSR count). The van der Waals surface area contributed by atoms with Crippen molar-refractivity contribution in [3.63, 3.8) is 0 Å². The van der Waals surface area contributed by atoms with Crippen LogP contribution < -0.4 is 9.64 Å². The lowest BCUT2D eigenvalue weighted by Gasteiger charge is -2.19. The Balaban J connectivity index is 1.35. The molecule has 0 N–H and O–H groups in total. The van der Waals surface area contributed by atoms with Crippen molar-refractivity contribution in [3.05, 3.63) is 86.1 Å². The lowest BCUT2D eigenvalue weighted by atomic mass is 10.2. The lowest BCUT2D eigenvalue weighted by molar-refractivity contribution is -0.384. The first-order valence-corrected chi connectivity index (χ1v) is 13.7. The van der Waals surface area contributed by atoms with Crippen LogP contribution in [0.2, 0.25) is 0 Å². The fraction of sp³-hybridized carbons (Fsp3) is 0.310. The second kappa shape index (κ2) is 11.0. The number of carbonyl (C=O) groups is 2. The molecule has 10 heteroatoms. The average Bonchev–Trinajstić information content (AvgIpc) is 3.60. The molecule has 1 aromatic heterocycles. The van der Waals surface area contributed by atoms with E-state index < -0.39 is 0 Å². The van der Waals surface area contributed by atoms with Crippen molar-refractivity contribution in [1.29, 1.82) is 0 Å². The summed E-state index contributed by atoms with van der Waals surface area (Å²) in [6, 6.07) is 14.8. The van der Waals surface area contributed by atoms with Crippen LogP contribution in [0.15, 0.2) is 53.4 Å². The number of amides is 2. The van der Waals surface area contributed by atoms with Gasteiger partial charge in [0.05, 0.1) is 22.1 Å². The first-order valence-electron chi connectivity index (χ1n) is 12.9. The molecule has 2 aromatic carbocycles. The monoisotopic (exact) mass is 546 g/mol. The molecule has 2 aliphatic rings. The summed E-state index contributed by atoms with van der Waals surface area (Å²) < 4.78 is 7.64. The molecular formula is C29H30N4O5S. The van der Waals surface area contributed by atoms with Crippen LogP contribution in [0.25, 0.3) is 11.8 Å². The number of aryl methyl sites for hydroxylation is 2. The van der Waals surface area contributed by atoms with E-state index in [9.17, 15) is 19.7 Å². The van der Waals surface area contributed by atoms with Gasteiger partial charge in [-0.3, -0.25) is 24.6 Å². The van der Waals surface area contributed by atoms with Gasteiger partial charge < -0.3 is 14.2 Å². The molecule has 2 amide bonds. The average molecular weight is 547 g/mol. The smallest absolute Gasteiger partial charge is 0.294 e. The van der Waals surface area contributed by atoms with Crippen molar-refractivity contribution >= 4 is 40.4 Å². The summed E-state index contributed by atoms with van der Waals surface area (Å²) >= 11 is 0.906. The van der Waals surface area contributed by atoms with E-state index in [0.717, 1.165) is 60.2 Å². The van der Waals surface area contributed by atoms with E-state index in [2.05, 4.69) is 4.90 Å². The molecule has 3 aromatic rings. The van der Waals surface area contributed by atoms with E-state index in [1.54, 1.807) is 12.1 Å². The Morgan fingerprint density at radius 1 is 1.03 bits per heavy atom. The molecule has 3 heterocycles. The summed E-state index contributed by atoms with van der Waals surface area (Å²) in [6.07, 6.45) is 3.78. The van der Waals surface area contributed by atoms with E-state index in [0.29, 0.717) is 22.0 Å². The highest BCUT2D eigenvalue weighted by atomic mass is 32.2. The van der Waals surface area contributed by atoms with Crippen molar-refractivity contribution in [1.82, 2.24) is 9.47 Å². The molecule has 39 heavy (non-hydrogen) atoms. The van der Waals surface area contributed by atoms with Gasteiger partial charge in [-0.2, -0.15) is 0 Å². The number of imide groups is 1. The lowest BCUT2D eigenvalue weighted by Crippen LogP contribution is -2.32. The Morgan fingerprint density at radius 3 is 2.44 bits per heavy atom. The molecule has 2 saturated heterocycles. The molecule has 0 aliphatic carbocycles. The zero-order valence-corrected chi connectivity index (χ0v) is 23.0. The van der Waals surface area contributed by atoms with Gasteiger partial charge in [0.2, 0.25) is 0 Å². The third-order valence-electron chi connectivity index (χ3n) is 7.10. The van der Waals surface area contributed by atoms with Crippen molar-refractivity contribution < 1.29 is 19.2 Å². The minimum absolute atomic E-state index is 0.0809. The molecule has 2 fully saturated rings. The van der Waals surface area contributed by atoms with E-state index in [1.807, 2.05) is 67.8 Å². The number of nitro groups is 1. The molecule has 0 radical (unpaired) electrons. The highest BCUT2D eigenvalue weighted by molar-refractivity contribution is 8.18. The maximum Gasteiger partial charge on any atom is 0.294 e. The summed E-state index contributed by atoms with van der Waals surface area (Å²) in [4.78, 5) is 40.8. The van der Waals surface area contributed by atoms with E-state index in [-0.39, 0.29) is 34.9 Å². The number of rotatable bonds is 8. The van der Waals surface area contributed by atoms with Gasteiger partial charge in [-0.25, -0.2) is 0 Å². The number of nitrogens with zero attached hydrogens (tertiary/aromatic N) is 4. The van der Waals surface area contributed by atoms with Gasteiger partial charge in [0, 0.05) is 30.5 Å². The highest BCUT2D eigenvalue weighted by Crippen LogP contribution is 2.36. The summed E-state index contributed by atoms with van der Waals surface area (Å²) in [6.45, 7) is 7.80. The fourth-order valence-electron chi connectivity index (χ4n) is 5.08. The first-order chi connectivity index (χ1) is 18.7. The van der Waals surface area contributed by atoms with Crippen molar-refractivity contribution in [2.45, 2.75) is 33.6 Å². The van der Waals surface area contributed by atoms with Crippen molar-refractivity contribution in [3.8, 4) is 11.4 Å². The topological polar surface area (TPSA) is 97.9 Å². The largest absolute Gasteiger partial charge is 0.492 e. The summed E-state index contributed by atoms with van der Waals surface area (Å²) in [5.41, 5.74) is 5.00. The van der Waals surface area contributed by atoms with Crippen molar-refractivity contribution in [2.24, 2.45) is 0 Å². The molecule has 0 unspecified atom stereocenters. The molecule has 0 spiro atoms. The van der Waals surface area contributed by atoms with E-state index in [4.69, 9.17) is 4.74 Å².